The molecule has 0 aliphatic heterocycles. The maximum absolute atomic E-state index is 13.3. The molecular formula is C12H14ClFN2O3. The van der Waals surface area contributed by atoms with Gasteiger partial charge in [-0.15, -0.1) is 0 Å². The first kappa shape index (κ1) is 15.2. The molecule has 5 nitrogen and oxygen atoms in total. The van der Waals surface area contributed by atoms with Gasteiger partial charge >= 0.3 is 12.0 Å². The maximum Gasteiger partial charge on any atom is 0.340 e. The number of anilines is 1. The van der Waals surface area contributed by atoms with Crippen molar-refractivity contribution in [3.8, 4) is 0 Å². The first-order valence-corrected chi connectivity index (χ1v) is 6.11. The molecule has 7 heteroatoms. The predicted molar refractivity (Wildman–Crippen MR) is 70.3 cm³/mol. The number of amides is 2. The zero-order chi connectivity index (χ0) is 14.4. The Kier molecular flexibility index (Phi) is 5.57. The molecule has 0 saturated heterocycles. The minimum absolute atomic E-state index is 0.0504. The number of aromatic carboxylic acids is 1. The van der Waals surface area contributed by atoms with Gasteiger partial charge in [-0.2, -0.15) is 0 Å². The smallest absolute Gasteiger partial charge is 0.340 e. The van der Waals surface area contributed by atoms with Crippen molar-refractivity contribution in [1.29, 1.82) is 0 Å². The number of carbonyl (C=O) groups excluding carboxylic acids is 1. The van der Waals surface area contributed by atoms with Gasteiger partial charge in [-0.3, -0.25) is 0 Å². The molecule has 104 valence electrons. The van der Waals surface area contributed by atoms with E-state index in [1.165, 1.54) is 6.07 Å². The summed E-state index contributed by atoms with van der Waals surface area (Å²) in [6, 6.07) is 1.64. The second-order valence-electron chi connectivity index (χ2n) is 3.82. The van der Waals surface area contributed by atoms with Gasteiger partial charge < -0.3 is 15.7 Å². The molecule has 3 N–H and O–H groups in total. The lowest BCUT2D eigenvalue weighted by Gasteiger charge is -2.10. The maximum atomic E-state index is 13.3. The molecule has 2 amide bonds. The van der Waals surface area contributed by atoms with E-state index in [-0.39, 0.29) is 10.7 Å². The molecule has 0 radical (unpaired) electrons. The second-order valence-corrected chi connectivity index (χ2v) is 4.20. The molecule has 0 saturated carbocycles. The Labute approximate surface area is 114 Å². The van der Waals surface area contributed by atoms with Crippen LogP contribution in [0.3, 0.4) is 0 Å². The largest absolute Gasteiger partial charge is 0.478 e. The van der Waals surface area contributed by atoms with E-state index in [2.05, 4.69) is 10.6 Å². The fourth-order valence-corrected chi connectivity index (χ4v) is 1.67. The van der Waals surface area contributed by atoms with Crippen LogP contribution in [0, 0.1) is 5.82 Å². The molecule has 0 heterocycles. The minimum atomic E-state index is -1.49. The Morgan fingerprint density at radius 1 is 1.42 bits per heavy atom. The molecule has 0 aromatic heterocycles. The lowest BCUT2D eigenvalue weighted by molar-refractivity contribution is 0.0692. The van der Waals surface area contributed by atoms with E-state index in [4.69, 9.17) is 16.7 Å². The van der Waals surface area contributed by atoms with Gasteiger partial charge in [0.25, 0.3) is 0 Å². The number of benzene rings is 1. The van der Waals surface area contributed by atoms with Crippen LogP contribution in [0.2, 0.25) is 5.02 Å². The van der Waals surface area contributed by atoms with Gasteiger partial charge in [0, 0.05) is 6.54 Å². The SMILES string of the molecule is CCCCNC(=O)Nc1ccc(F)c(C(=O)O)c1Cl. The Morgan fingerprint density at radius 2 is 2.11 bits per heavy atom. The van der Waals surface area contributed by atoms with Gasteiger partial charge in [0.2, 0.25) is 0 Å². The lowest BCUT2D eigenvalue weighted by Crippen LogP contribution is -2.29. The summed E-state index contributed by atoms with van der Waals surface area (Å²) in [5.74, 6) is -2.44. The van der Waals surface area contributed by atoms with Crippen LogP contribution in [0.1, 0.15) is 30.1 Å². The Bertz CT molecular complexity index is 494. The van der Waals surface area contributed by atoms with Crippen molar-refractivity contribution < 1.29 is 19.1 Å². The third-order valence-electron chi connectivity index (χ3n) is 2.37. The number of carboxylic acid groups (broad SMARTS) is 1. The van der Waals surface area contributed by atoms with Crippen molar-refractivity contribution in [2.24, 2.45) is 0 Å². The summed E-state index contributed by atoms with van der Waals surface area (Å²) in [4.78, 5) is 22.3. The van der Waals surface area contributed by atoms with Crippen molar-refractivity contribution in [2.45, 2.75) is 19.8 Å². The molecule has 0 aliphatic carbocycles. The van der Waals surface area contributed by atoms with Crippen LogP contribution in [0.5, 0.6) is 0 Å². The van der Waals surface area contributed by atoms with Crippen molar-refractivity contribution in [1.82, 2.24) is 5.32 Å². The molecule has 1 aromatic carbocycles. The normalized spacial score (nSPS) is 10.1. The fourth-order valence-electron chi connectivity index (χ4n) is 1.39. The van der Waals surface area contributed by atoms with Crippen molar-refractivity contribution >= 4 is 29.3 Å². The molecule has 0 aliphatic rings. The quantitative estimate of drug-likeness (QED) is 0.729. The molecule has 0 bridgehead atoms. The highest BCUT2D eigenvalue weighted by molar-refractivity contribution is 6.36. The summed E-state index contributed by atoms with van der Waals surface area (Å²) >= 11 is 5.75. The van der Waals surface area contributed by atoms with E-state index < -0.39 is 23.4 Å². The summed E-state index contributed by atoms with van der Waals surface area (Å²) in [6.45, 7) is 2.47. The van der Waals surface area contributed by atoms with E-state index in [0.29, 0.717) is 6.54 Å². The van der Waals surface area contributed by atoms with Crippen LogP contribution in [0.4, 0.5) is 14.9 Å². The van der Waals surface area contributed by atoms with E-state index >= 15 is 0 Å². The van der Waals surface area contributed by atoms with Crippen molar-refractivity contribution in [2.75, 3.05) is 11.9 Å². The highest BCUT2D eigenvalue weighted by Crippen LogP contribution is 2.28. The van der Waals surface area contributed by atoms with E-state index in [0.717, 1.165) is 18.9 Å². The molecular weight excluding hydrogens is 275 g/mol. The number of carbonyl (C=O) groups is 2. The van der Waals surface area contributed by atoms with Crippen LogP contribution in [0.25, 0.3) is 0 Å². The number of carboxylic acids is 1. The third kappa shape index (κ3) is 4.10. The number of unbranched alkanes of at least 4 members (excludes halogenated alkanes) is 1. The predicted octanol–water partition coefficient (Wildman–Crippen LogP) is 3.10. The molecule has 0 spiro atoms. The third-order valence-corrected chi connectivity index (χ3v) is 2.76. The van der Waals surface area contributed by atoms with Gasteiger partial charge in [0.15, 0.2) is 0 Å². The summed E-state index contributed by atoms with van der Waals surface area (Å²) < 4.78 is 13.3. The Hall–Kier alpha value is -1.82. The lowest BCUT2D eigenvalue weighted by atomic mass is 10.2. The summed E-state index contributed by atoms with van der Waals surface area (Å²) in [6.07, 6.45) is 1.76. The van der Waals surface area contributed by atoms with Crippen LogP contribution in [-0.2, 0) is 0 Å². The number of hydrogen-bond donors (Lipinski definition) is 3. The van der Waals surface area contributed by atoms with E-state index in [1.807, 2.05) is 6.92 Å². The first-order chi connectivity index (χ1) is 8.97. The van der Waals surface area contributed by atoms with Gasteiger partial charge in [0.1, 0.15) is 11.4 Å². The fraction of sp³-hybridized carbons (Fsp3) is 0.333. The Balaban J connectivity index is 2.82. The molecule has 0 atom stereocenters. The topological polar surface area (TPSA) is 78.4 Å². The van der Waals surface area contributed by atoms with E-state index in [1.54, 1.807) is 0 Å². The molecule has 1 aromatic rings. The summed E-state index contributed by atoms with van der Waals surface area (Å²) in [7, 11) is 0. The van der Waals surface area contributed by atoms with E-state index in [9.17, 15) is 14.0 Å². The summed E-state index contributed by atoms with van der Waals surface area (Å²) in [5.41, 5.74) is -0.609. The zero-order valence-electron chi connectivity index (χ0n) is 10.3. The number of nitrogens with one attached hydrogen (secondary N) is 2. The molecule has 1 rings (SSSR count). The van der Waals surface area contributed by atoms with Gasteiger partial charge in [-0.05, 0) is 18.6 Å². The standard InChI is InChI=1S/C12H14ClFN2O3/c1-2-3-6-15-12(19)16-8-5-4-7(14)9(10(8)13)11(17)18/h4-5H,2-3,6H2,1H3,(H,17,18)(H2,15,16,19). The second kappa shape index (κ2) is 6.94. The van der Waals surface area contributed by atoms with Gasteiger partial charge in [-0.1, -0.05) is 24.9 Å². The molecule has 0 fully saturated rings. The number of rotatable bonds is 5. The highest BCUT2D eigenvalue weighted by Gasteiger charge is 2.19. The number of halogens is 2. The van der Waals surface area contributed by atoms with Crippen LogP contribution in [0.15, 0.2) is 12.1 Å². The molecule has 0 unspecified atom stereocenters. The van der Waals surface area contributed by atoms with Gasteiger partial charge in [0.05, 0.1) is 10.7 Å². The first-order valence-electron chi connectivity index (χ1n) is 5.73. The number of hydrogen-bond acceptors (Lipinski definition) is 2. The minimum Gasteiger partial charge on any atom is -0.478 e. The van der Waals surface area contributed by atoms with Crippen molar-refractivity contribution in [3.05, 3.63) is 28.5 Å². The van der Waals surface area contributed by atoms with Crippen LogP contribution >= 0.6 is 11.6 Å². The monoisotopic (exact) mass is 288 g/mol. The van der Waals surface area contributed by atoms with Crippen molar-refractivity contribution in [3.63, 3.8) is 0 Å². The highest BCUT2D eigenvalue weighted by atomic mass is 35.5. The van der Waals surface area contributed by atoms with Crippen LogP contribution < -0.4 is 10.6 Å². The summed E-state index contributed by atoms with van der Waals surface area (Å²) in [5, 5.41) is 13.4. The number of urea groups is 1. The average Bonchev–Trinajstić information content (AvgIpc) is 2.33. The van der Waals surface area contributed by atoms with Gasteiger partial charge in [-0.25, -0.2) is 14.0 Å². The zero-order valence-corrected chi connectivity index (χ0v) is 11.1. The Morgan fingerprint density at radius 3 is 2.68 bits per heavy atom. The van der Waals surface area contributed by atoms with Crippen LogP contribution in [-0.4, -0.2) is 23.7 Å². The average molecular weight is 289 g/mol. The molecule has 19 heavy (non-hydrogen) atoms.